The van der Waals surface area contributed by atoms with E-state index in [0.717, 1.165) is 0 Å². The molecule has 1 saturated heterocycles. The molecule has 5 nitrogen and oxygen atoms in total. The molecule has 1 atom stereocenters. The molecule has 0 aromatic carbocycles. The molecule has 1 heterocycles. The lowest BCUT2D eigenvalue weighted by Gasteiger charge is -2.53. The van der Waals surface area contributed by atoms with Crippen LogP contribution in [0.25, 0.3) is 0 Å². The van der Waals surface area contributed by atoms with E-state index in [1.807, 2.05) is 27.7 Å². The van der Waals surface area contributed by atoms with Crippen LogP contribution >= 0.6 is 0 Å². The van der Waals surface area contributed by atoms with E-state index in [0.29, 0.717) is 13.0 Å². The molecule has 18 heavy (non-hydrogen) atoms. The molecular formula is C13H23NO4. The van der Waals surface area contributed by atoms with Crippen molar-refractivity contribution in [3.63, 3.8) is 0 Å². The minimum Gasteiger partial charge on any atom is -0.392 e. The Balaban J connectivity index is 2.73. The van der Waals surface area contributed by atoms with E-state index in [2.05, 4.69) is 6.58 Å². The summed E-state index contributed by atoms with van der Waals surface area (Å²) in [5, 5.41) is 11.6. The Hall–Kier alpha value is -0.910. The summed E-state index contributed by atoms with van der Waals surface area (Å²) < 4.78 is 0. The quantitative estimate of drug-likeness (QED) is 0.475. The Kier molecular flexibility index (Phi) is 4.20. The summed E-state index contributed by atoms with van der Waals surface area (Å²) in [6.07, 6.45) is 0.158. The second-order valence-corrected chi connectivity index (χ2v) is 5.91. The van der Waals surface area contributed by atoms with Gasteiger partial charge in [-0.1, -0.05) is 25.4 Å². The molecule has 0 amide bonds. The number of piperidine rings is 1. The highest BCUT2D eigenvalue weighted by Crippen LogP contribution is 2.43. The van der Waals surface area contributed by atoms with Gasteiger partial charge in [0.15, 0.2) is 0 Å². The van der Waals surface area contributed by atoms with Crippen LogP contribution in [0.1, 0.15) is 41.0 Å². The molecule has 0 aliphatic carbocycles. The number of hydrogen-bond acceptors (Lipinski definition) is 5. The Morgan fingerprint density at radius 1 is 1.39 bits per heavy atom. The van der Waals surface area contributed by atoms with Gasteiger partial charge in [-0.3, -0.25) is 4.89 Å². The lowest BCUT2D eigenvalue weighted by Crippen LogP contribution is -2.62. The highest BCUT2D eigenvalue weighted by Gasteiger charge is 2.51. The zero-order valence-electron chi connectivity index (χ0n) is 11.8. The van der Waals surface area contributed by atoms with E-state index in [1.54, 1.807) is 12.0 Å². The van der Waals surface area contributed by atoms with Crippen LogP contribution in [0.15, 0.2) is 12.2 Å². The van der Waals surface area contributed by atoms with Crippen molar-refractivity contribution in [1.82, 2.24) is 5.06 Å². The van der Waals surface area contributed by atoms with Gasteiger partial charge in [0.1, 0.15) is 0 Å². The molecule has 1 N–H and O–H groups in total. The molecule has 0 radical (unpaired) electrons. The van der Waals surface area contributed by atoms with Crippen molar-refractivity contribution in [1.29, 1.82) is 0 Å². The van der Waals surface area contributed by atoms with Crippen LogP contribution in [0.4, 0.5) is 0 Å². The molecule has 104 valence electrons. The molecule has 1 aliphatic heterocycles. The number of aliphatic hydroxyl groups excluding tert-OH is 1. The van der Waals surface area contributed by atoms with Crippen molar-refractivity contribution in [3.05, 3.63) is 12.2 Å². The summed E-state index contributed by atoms with van der Waals surface area (Å²) >= 11 is 0. The third kappa shape index (κ3) is 2.58. The lowest BCUT2D eigenvalue weighted by molar-refractivity contribution is -0.438. The normalized spacial score (nSPS) is 26.7. The first-order valence-electron chi connectivity index (χ1n) is 6.11. The number of aliphatic hydroxyl groups is 1. The zero-order valence-corrected chi connectivity index (χ0v) is 11.8. The second-order valence-electron chi connectivity index (χ2n) is 5.91. The van der Waals surface area contributed by atoms with Crippen LogP contribution in [0.3, 0.4) is 0 Å². The van der Waals surface area contributed by atoms with E-state index in [1.165, 1.54) is 0 Å². The van der Waals surface area contributed by atoms with Gasteiger partial charge in [-0.05, 0) is 27.2 Å². The maximum Gasteiger partial charge on any atom is 0.370 e. The number of carbonyl (C=O) groups is 1. The fourth-order valence-electron chi connectivity index (χ4n) is 1.89. The van der Waals surface area contributed by atoms with Crippen molar-refractivity contribution in [3.8, 4) is 0 Å². The summed E-state index contributed by atoms with van der Waals surface area (Å²) in [6.45, 7) is 13.4. The largest absolute Gasteiger partial charge is 0.392 e. The van der Waals surface area contributed by atoms with Gasteiger partial charge in [0.05, 0.1) is 11.6 Å². The summed E-state index contributed by atoms with van der Waals surface area (Å²) in [5.74, 6) is -0.588. The molecule has 0 aromatic heterocycles. The molecule has 1 fully saturated rings. The van der Waals surface area contributed by atoms with Crippen LogP contribution in [-0.4, -0.2) is 34.3 Å². The molecule has 1 unspecified atom stereocenters. The summed E-state index contributed by atoms with van der Waals surface area (Å²) in [7, 11) is 0. The van der Waals surface area contributed by atoms with E-state index < -0.39 is 17.6 Å². The number of hydroxylamine groups is 2. The fourth-order valence-corrected chi connectivity index (χ4v) is 1.89. The van der Waals surface area contributed by atoms with Gasteiger partial charge in [0.25, 0.3) is 0 Å². The van der Waals surface area contributed by atoms with Crippen LogP contribution in [0.5, 0.6) is 0 Å². The first-order valence-corrected chi connectivity index (χ1v) is 6.11. The first-order chi connectivity index (χ1) is 8.10. The number of nitrogens with zero attached hydrogens (tertiary/aromatic N) is 1. The molecule has 0 spiro atoms. The summed E-state index contributed by atoms with van der Waals surface area (Å²) in [6, 6.07) is 0. The van der Waals surface area contributed by atoms with Crippen molar-refractivity contribution in [2.75, 3.05) is 6.54 Å². The third-order valence-corrected chi connectivity index (χ3v) is 4.19. The Morgan fingerprint density at radius 3 is 2.44 bits per heavy atom. The van der Waals surface area contributed by atoms with Gasteiger partial charge >= 0.3 is 5.97 Å². The molecule has 5 heteroatoms. The van der Waals surface area contributed by atoms with Gasteiger partial charge in [0.2, 0.25) is 0 Å². The van der Waals surface area contributed by atoms with Crippen LogP contribution in [-0.2, 0) is 14.7 Å². The van der Waals surface area contributed by atoms with Crippen molar-refractivity contribution >= 4 is 5.97 Å². The topological polar surface area (TPSA) is 59.0 Å². The van der Waals surface area contributed by atoms with Crippen LogP contribution < -0.4 is 0 Å². The molecular weight excluding hydrogens is 234 g/mol. The van der Waals surface area contributed by atoms with Gasteiger partial charge in [0, 0.05) is 17.5 Å². The average Bonchev–Trinajstić information content (AvgIpc) is 2.25. The van der Waals surface area contributed by atoms with E-state index in [4.69, 9.17) is 9.88 Å². The van der Waals surface area contributed by atoms with Crippen LogP contribution in [0, 0.1) is 5.41 Å². The average molecular weight is 257 g/mol. The predicted octanol–water partition coefficient (Wildman–Crippen LogP) is 1.82. The Bertz CT molecular complexity index is 349. The molecule has 0 bridgehead atoms. The highest BCUT2D eigenvalue weighted by atomic mass is 17.3. The minimum atomic E-state index is -0.588. The number of hydrogen-bond donors (Lipinski definition) is 1. The third-order valence-electron chi connectivity index (χ3n) is 4.19. The van der Waals surface area contributed by atoms with Gasteiger partial charge in [-0.2, -0.15) is 0 Å². The Morgan fingerprint density at radius 2 is 1.94 bits per heavy atom. The smallest absolute Gasteiger partial charge is 0.370 e. The molecule has 0 saturated carbocycles. The minimum absolute atomic E-state index is 0.282. The zero-order chi connectivity index (χ0) is 14.1. The second kappa shape index (κ2) is 4.99. The SMILES string of the molecule is C=C(C)C(=O)OON1CCC(O)C(C)(C)C1(C)C. The van der Waals surface area contributed by atoms with E-state index in [-0.39, 0.29) is 11.0 Å². The monoisotopic (exact) mass is 257 g/mol. The Labute approximate surface area is 108 Å². The van der Waals surface area contributed by atoms with Gasteiger partial charge < -0.3 is 5.11 Å². The molecule has 0 aromatic rings. The summed E-state index contributed by atoms with van der Waals surface area (Å²) in [5.41, 5.74) is -0.551. The van der Waals surface area contributed by atoms with Crippen molar-refractivity contribution in [2.45, 2.75) is 52.7 Å². The molecule has 1 rings (SSSR count). The summed E-state index contributed by atoms with van der Waals surface area (Å²) in [4.78, 5) is 21.1. The van der Waals surface area contributed by atoms with Crippen molar-refractivity contribution in [2.24, 2.45) is 5.41 Å². The number of carbonyl (C=O) groups excluding carboxylic acids is 1. The maximum atomic E-state index is 11.3. The standard InChI is InChI=1S/C13H23NO4/c1-9(2)11(16)17-18-14-8-7-10(15)12(3,4)13(14,5)6/h10,15H,1,7-8H2,2-6H3. The van der Waals surface area contributed by atoms with Crippen molar-refractivity contribution < 1.29 is 19.8 Å². The number of rotatable bonds is 3. The first kappa shape index (κ1) is 15.1. The predicted molar refractivity (Wildman–Crippen MR) is 67.2 cm³/mol. The van der Waals surface area contributed by atoms with E-state index >= 15 is 0 Å². The molecule has 1 aliphatic rings. The lowest BCUT2D eigenvalue weighted by atomic mass is 9.67. The highest BCUT2D eigenvalue weighted by molar-refractivity contribution is 5.86. The maximum absolute atomic E-state index is 11.3. The van der Waals surface area contributed by atoms with Gasteiger partial charge in [-0.25, -0.2) is 4.79 Å². The van der Waals surface area contributed by atoms with E-state index in [9.17, 15) is 9.90 Å². The fraction of sp³-hybridized carbons (Fsp3) is 0.769. The van der Waals surface area contributed by atoms with Crippen LogP contribution in [0.2, 0.25) is 0 Å². The van der Waals surface area contributed by atoms with Gasteiger partial charge in [-0.15, -0.1) is 5.06 Å².